The first-order valence-corrected chi connectivity index (χ1v) is 8.12. The number of anilines is 1. The van der Waals surface area contributed by atoms with Gasteiger partial charge in [-0.1, -0.05) is 0 Å². The highest BCUT2D eigenvalue weighted by molar-refractivity contribution is 7.09. The van der Waals surface area contributed by atoms with Crippen molar-refractivity contribution in [2.75, 3.05) is 12.3 Å². The number of carbonyl (C=O) groups excluding carboxylic acids is 1. The molecular formula is C15H16N4O3S. The molecule has 0 aliphatic carbocycles. The fourth-order valence-electron chi connectivity index (χ4n) is 2.85. The van der Waals surface area contributed by atoms with Crippen LogP contribution in [0, 0.1) is 17.0 Å². The molecule has 1 aromatic heterocycles. The minimum atomic E-state index is -0.526. The van der Waals surface area contributed by atoms with Crippen LogP contribution in [-0.2, 0) is 0 Å². The summed E-state index contributed by atoms with van der Waals surface area (Å²) in [5.74, 6) is -0.278. The summed E-state index contributed by atoms with van der Waals surface area (Å²) < 4.78 is 0. The van der Waals surface area contributed by atoms with Crippen LogP contribution in [0.1, 0.15) is 39.9 Å². The highest BCUT2D eigenvalue weighted by Crippen LogP contribution is 2.34. The first-order chi connectivity index (χ1) is 11.0. The lowest BCUT2D eigenvalue weighted by Gasteiger charge is -2.24. The minimum absolute atomic E-state index is 0.0916. The monoisotopic (exact) mass is 332 g/mol. The third-order valence-electron chi connectivity index (χ3n) is 3.97. The fraction of sp³-hybridized carbons (Fsp3) is 0.333. The summed E-state index contributed by atoms with van der Waals surface area (Å²) >= 11 is 1.55. The highest BCUT2D eigenvalue weighted by atomic mass is 32.1. The number of nitrogens with zero attached hydrogens (tertiary/aromatic N) is 3. The van der Waals surface area contributed by atoms with Crippen LogP contribution in [0.4, 0.5) is 11.4 Å². The van der Waals surface area contributed by atoms with Crippen molar-refractivity contribution in [2.45, 2.75) is 25.8 Å². The molecule has 1 fully saturated rings. The summed E-state index contributed by atoms with van der Waals surface area (Å²) in [4.78, 5) is 29.4. The van der Waals surface area contributed by atoms with Crippen LogP contribution >= 0.6 is 11.3 Å². The molecule has 2 heterocycles. The summed E-state index contributed by atoms with van der Waals surface area (Å²) in [6.07, 6.45) is 1.71. The Balaban J connectivity index is 1.93. The molecule has 1 aliphatic rings. The number of nitrogens with two attached hydrogens (primary N) is 1. The zero-order valence-corrected chi connectivity index (χ0v) is 13.4. The van der Waals surface area contributed by atoms with E-state index in [0.29, 0.717) is 6.54 Å². The molecule has 7 nitrogen and oxygen atoms in total. The van der Waals surface area contributed by atoms with Crippen LogP contribution in [0.3, 0.4) is 0 Å². The second-order valence-electron chi connectivity index (χ2n) is 5.48. The van der Waals surface area contributed by atoms with E-state index in [1.807, 2.05) is 12.3 Å². The van der Waals surface area contributed by atoms with E-state index in [0.717, 1.165) is 23.5 Å². The van der Waals surface area contributed by atoms with Gasteiger partial charge in [0.25, 0.3) is 11.6 Å². The molecule has 0 saturated carbocycles. The lowest BCUT2D eigenvalue weighted by atomic mass is 10.1. The van der Waals surface area contributed by atoms with Crippen LogP contribution in [0.25, 0.3) is 0 Å². The predicted molar refractivity (Wildman–Crippen MR) is 87.4 cm³/mol. The molecule has 1 atom stereocenters. The van der Waals surface area contributed by atoms with E-state index >= 15 is 0 Å². The van der Waals surface area contributed by atoms with Crippen molar-refractivity contribution < 1.29 is 9.72 Å². The van der Waals surface area contributed by atoms with Gasteiger partial charge in [-0.05, 0) is 25.8 Å². The van der Waals surface area contributed by atoms with Gasteiger partial charge in [0.15, 0.2) is 0 Å². The number of carbonyl (C=O) groups is 1. The quantitative estimate of drug-likeness (QED) is 0.529. The topological polar surface area (TPSA) is 102 Å². The first-order valence-electron chi connectivity index (χ1n) is 7.24. The maximum Gasteiger partial charge on any atom is 0.270 e. The Bertz CT molecular complexity index is 774. The largest absolute Gasteiger partial charge is 0.398 e. The van der Waals surface area contributed by atoms with Gasteiger partial charge in [-0.3, -0.25) is 14.9 Å². The third-order valence-corrected chi connectivity index (χ3v) is 4.76. The normalized spacial score (nSPS) is 17.4. The molecule has 2 N–H and O–H groups in total. The summed E-state index contributed by atoms with van der Waals surface area (Å²) in [6.45, 7) is 2.52. The van der Waals surface area contributed by atoms with Gasteiger partial charge < -0.3 is 10.6 Å². The van der Waals surface area contributed by atoms with Gasteiger partial charge in [0, 0.05) is 29.7 Å². The lowest BCUT2D eigenvalue weighted by Crippen LogP contribution is -2.31. The van der Waals surface area contributed by atoms with Crippen molar-refractivity contribution in [3.05, 3.63) is 50.0 Å². The fourth-order valence-corrected chi connectivity index (χ4v) is 3.51. The average molecular weight is 332 g/mol. The molecule has 0 spiro atoms. The Morgan fingerprint density at radius 3 is 2.96 bits per heavy atom. The summed E-state index contributed by atoms with van der Waals surface area (Å²) in [7, 11) is 0. The predicted octanol–water partition coefficient (Wildman–Crippen LogP) is 2.92. The molecule has 120 valence electrons. The van der Waals surface area contributed by atoms with Gasteiger partial charge in [-0.25, -0.2) is 4.98 Å². The van der Waals surface area contributed by atoms with E-state index in [2.05, 4.69) is 4.98 Å². The Labute approximate surface area is 136 Å². The van der Waals surface area contributed by atoms with Gasteiger partial charge in [0.2, 0.25) is 0 Å². The SMILES string of the molecule is Cc1nc(C2CCCN2C(=O)c2cc([N+](=O)[O-])ccc2N)cs1. The van der Waals surface area contributed by atoms with Crippen LogP contribution < -0.4 is 5.73 Å². The molecule has 1 saturated heterocycles. The number of aryl methyl sites for hydroxylation is 1. The molecule has 3 rings (SSSR count). The van der Waals surface area contributed by atoms with Crippen LogP contribution in [0.5, 0.6) is 0 Å². The number of hydrogen-bond acceptors (Lipinski definition) is 6. The molecule has 0 radical (unpaired) electrons. The first kappa shape index (κ1) is 15.4. The molecule has 1 amide bonds. The maximum absolute atomic E-state index is 12.8. The molecule has 2 aromatic rings. The number of non-ortho nitro benzene ring substituents is 1. The second kappa shape index (κ2) is 5.96. The van der Waals surface area contributed by atoms with E-state index in [9.17, 15) is 14.9 Å². The van der Waals surface area contributed by atoms with E-state index in [-0.39, 0.29) is 28.9 Å². The van der Waals surface area contributed by atoms with Crippen molar-refractivity contribution in [1.29, 1.82) is 0 Å². The number of nitro benzene ring substituents is 1. The number of rotatable bonds is 3. The molecule has 1 aromatic carbocycles. The molecule has 8 heteroatoms. The van der Waals surface area contributed by atoms with E-state index < -0.39 is 4.92 Å². The number of likely N-dealkylation sites (tertiary alicyclic amines) is 1. The standard InChI is InChI=1S/C15H16N4O3S/c1-9-17-13(8-23-9)14-3-2-6-18(14)15(20)11-7-10(19(21)22)4-5-12(11)16/h4-5,7-8,14H,2-3,6,16H2,1H3. The third kappa shape index (κ3) is 2.89. The van der Waals surface area contributed by atoms with Gasteiger partial charge in [-0.15, -0.1) is 11.3 Å². The minimum Gasteiger partial charge on any atom is -0.398 e. The number of aromatic nitrogens is 1. The van der Waals surface area contributed by atoms with Crippen LogP contribution in [-0.4, -0.2) is 27.3 Å². The summed E-state index contributed by atoms with van der Waals surface area (Å²) in [5, 5.41) is 13.8. The average Bonchev–Trinajstić information content (AvgIpc) is 3.15. The molecular weight excluding hydrogens is 316 g/mol. The van der Waals surface area contributed by atoms with E-state index in [1.54, 1.807) is 16.2 Å². The smallest absolute Gasteiger partial charge is 0.270 e. The van der Waals surface area contributed by atoms with Gasteiger partial charge >= 0.3 is 0 Å². The number of nitrogen functional groups attached to an aromatic ring is 1. The molecule has 23 heavy (non-hydrogen) atoms. The Hall–Kier alpha value is -2.48. The molecule has 1 unspecified atom stereocenters. The maximum atomic E-state index is 12.8. The number of hydrogen-bond donors (Lipinski definition) is 1. The van der Waals surface area contributed by atoms with Crippen molar-refractivity contribution in [2.24, 2.45) is 0 Å². The summed E-state index contributed by atoms with van der Waals surface area (Å²) in [6, 6.07) is 3.87. The lowest BCUT2D eigenvalue weighted by molar-refractivity contribution is -0.384. The highest BCUT2D eigenvalue weighted by Gasteiger charge is 2.33. The van der Waals surface area contributed by atoms with Crippen molar-refractivity contribution in [1.82, 2.24) is 9.88 Å². The number of nitro groups is 1. The van der Waals surface area contributed by atoms with Gasteiger partial charge in [-0.2, -0.15) is 0 Å². The number of thiazole rings is 1. The van der Waals surface area contributed by atoms with Crippen LogP contribution in [0.2, 0.25) is 0 Å². The van der Waals surface area contributed by atoms with Crippen LogP contribution in [0.15, 0.2) is 23.6 Å². The Morgan fingerprint density at radius 2 is 2.30 bits per heavy atom. The zero-order valence-electron chi connectivity index (χ0n) is 12.6. The Morgan fingerprint density at radius 1 is 1.52 bits per heavy atom. The van der Waals surface area contributed by atoms with Crippen molar-refractivity contribution in [3.63, 3.8) is 0 Å². The summed E-state index contributed by atoms with van der Waals surface area (Å²) in [5.41, 5.74) is 7.03. The molecule has 1 aliphatic heterocycles. The van der Waals surface area contributed by atoms with Crippen molar-refractivity contribution >= 4 is 28.6 Å². The zero-order chi connectivity index (χ0) is 16.6. The Kier molecular flexibility index (Phi) is 3.99. The second-order valence-corrected chi connectivity index (χ2v) is 6.54. The number of benzene rings is 1. The number of amides is 1. The van der Waals surface area contributed by atoms with E-state index in [4.69, 9.17) is 5.73 Å². The molecule has 0 bridgehead atoms. The van der Waals surface area contributed by atoms with Crippen molar-refractivity contribution in [3.8, 4) is 0 Å². The van der Waals surface area contributed by atoms with Gasteiger partial charge in [0.1, 0.15) is 0 Å². The van der Waals surface area contributed by atoms with E-state index in [1.165, 1.54) is 18.2 Å². The van der Waals surface area contributed by atoms with Gasteiger partial charge in [0.05, 0.1) is 27.2 Å².